The van der Waals surface area contributed by atoms with E-state index in [4.69, 9.17) is 21.3 Å². The summed E-state index contributed by atoms with van der Waals surface area (Å²) in [6.45, 7) is 4.62. The van der Waals surface area contributed by atoms with Crippen molar-refractivity contribution in [2.75, 3.05) is 13.2 Å². The van der Waals surface area contributed by atoms with Crippen molar-refractivity contribution in [1.29, 1.82) is 0 Å². The molecule has 1 saturated carbocycles. The third-order valence-electron chi connectivity index (χ3n) is 4.58. The molecule has 0 aliphatic heterocycles. The Morgan fingerprint density at radius 1 is 1.27 bits per heavy atom. The Bertz CT molecular complexity index is 617. The third-order valence-corrected chi connectivity index (χ3v) is 4.82. The molecule has 2 aromatic rings. The SMILES string of the molecule is CCOCCCn1c(C2CCCCC2)nc2cc(Cl)ccc21. The lowest BCUT2D eigenvalue weighted by atomic mass is 9.88. The van der Waals surface area contributed by atoms with Gasteiger partial charge in [0.15, 0.2) is 0 Å². The summed E-state index contributed by atoms with van der Waals surface area (Å²) in [5.74, 6) is 1.86. The predicted molar refractivity (Wildman–Crippen MR) is 91.7 cm³/mol. The van der Waals surface area contributed by atoms with E-state index in [-0.39, 0.29) is 0 Å². The lowest BCUT2D eigenvalue weighted by Crippen LogP contribution is -2.13. The van der Waals surface area contributed by atoms with Gasteiger partial charge in [-0.15, -0.1) is 0 Å². The van der Waals surface area contributed by atoms with Gasteiger partial charge in [-0.1, -0.05) is 30.9 Å². The van der Waals surface area contributed by atoms with Crippen molar-refractivity contribution < 1.29 is 4.74 Å². The maximum absolute atomic E-state index is 6.14. The standard InChI is InChI=1S/C18H25ClN2O/c1-2-22-12-6-11-21-17-10-9-15(19)13-16(17)20-18(21)14-7-4-3-5-8-14/h9-10,13-14H,2-8,11-12H2,1H3. The molecule has 0 bridgehead atoms. The Kier molecular flexibility index (Phi) is 5.37. The van der Waals surface area contributed by atoms with Crippen LogP contribution in [0.15, 0.2) is 18.2 Å². The van der Waals surface area contributed by atoms with Gasteiger partial charge in [-0.25, -0.2) is 4.98 Å². The van der Waals surface area contributed by atoms with Crippen molar-refractivity contribution in [3.8, 4) is 0 Å². The van der Waals surface area contributed by atoms with Crippen LogP contribution < -0.4 is 0 Å². The van der Waals surface area contributed by atoms with E-state index in [1.807, 2.05) is 19.1 Å². The van der Waals surface area contributed by atoms with Crippen LogP contribution in [0.1, 0.15) is 57.2 Å². The minimum atomic E-state index is 0.604. The summed E-state index contributed by atoms with van der Waals surface area (Å²) in [4.78, 5) is 4.93. The van der Waals surface area contributed by atoms with Crippen LogP contribution in [-0.2, 0) is 11.3 Å². The monoisotopic (exact) mass is 320 g/mol. The quantitative estimate of drug-likeness (QED) is 0.687. The zero-order valence-electron chi connectivity index (χ0n) is 13.4. The van der Waals surface area contributed by atoms with E-state index in [9.17, 15) is 0 Å². The minimum Gasteiger partial charge on any atom is -0.382 e. The molecule has 1 aromatic carbocycles. The molecule has 1 aromatic heterocycles. The molecule has 3 rings (SSSR count). The summed E-state index contributed by atoms with van der Waals surface area (Å²) >= 11 is 6.14. The number of halogens is 1. The number of aromatic nitrogens is 2. The highest BCUT2D eigenvalue weighted by atomic mass is 35.5. The van der Waals surface area contributed by atoms with Crippen LogP contribution in [0.5, 0.6) is 0 Å². The van der Waals surface area contributed by atoms with Crippen LogP contribution in [0.3, 0.4) is 0 Å². The van der Waals surface area contributed by atoms with Crippen molar-refractivity contribution in [3.63, 3.8) is 0 Å². The highest BCUT2D eigenvalue weighted by molar-refractivity contribution is 6.31. The molecular formula is C18H25ClN2O. The smallest absolute Gasteiger partial charge is 0.112 e. The van der Waals surface area contributed by atoms with Gasteiger partial charge in [0.05, 0.1) is 11.0 Å². The predicted octanol–water partition coefficient (Wildman–Crippen LogP) is 5.16. The molecule has 120 valence electrons. The summed E-state index contributed by atoms with van der Waals surface area (Å²) in [7, 11) is 0. The van der Waals surface area contributed by atoms with Gasteiger partial charge < -0.3 is 9.30 Å². The fourth-order valence-electron chi connectivity index (χ4n) is 3.50. The van der Waals surface area contributed by atoms with E-state index in [0.717, 1.165) is 36.7 Å². The summed E-state index contributed by atoms with van der Waals surface area (Å²) in [6.07, 6.45) is 7.58. The number of nitrogens with zero attached hydrogens (tertiary/aromatic N) is 2. The summed E-state index contributed by atoms with van der Waals surface area (Å²) in [5.41, 5.74) is 2.24. The average Bonchev–Trinajstić information content (AvgIpc) is 2.90. The van der Waals surface area contributed by atoms with Crippen LogP contribution in [0.25, 0.3) is 11.0 Å². The molecule has 0 amide bonds. The lowest BCUT2D eigenvalue weighted by Gasteiger charge is -2.22. The van der Waals surface area contributed by atoms with Crippen molar-refractivity contribution in [2.24, 2.45) is 0 Å². The van der Waals surface area contributed by atoms with Crippen molar-refractivity contribution in [2.45, 2.75) is 57.9 Å². The zero-order chi connectivity index (χ0) is 15.4. The number of imidazole rings is 1. The number of rotatable bonds is 6. The second kappa shape index (κ2) is 7.47. The van der Waals surface area contributed by atoms with Crippen molar-refractivity contribution in [3.05, 3.63) is 29.0 Å². The number of ether oxygens (including phenoxy) is 1. The fraction of sp³-hybridized carbons (Fsp3) is 0.611. The van der Waals surface area contributed by atoms with Crippen LogP contribution in [0.2, 0.25) is 5.02 Å². The average molecular weight is 321 g/mol. The number of hydrogen-bond acceptors (Lipinski definition) is 2. The van der Waals surface area contributed by atoms with Gasteiger partial charge in [0.1, 0.15) is 5.82 Å². The van der Waals surface area contributed by atoms with Crippen LogP contribution in [0.4, 0.5) is 0 Å². The molecule has 0 radical (unpaired) electrons. The molecule has 0 spiro atoms. The van der Waals surface area contributed by atoms with Crippen LogP contribution in [0, 0.1) is 0 Å². The summed E-state index contributed by atoms with van der Waals surface area (Å²) < 4.78 is 7.90. The Hall–Kier alpha value is -1.06. The molecule has 22 heavy (non-hydrogen) atoms. The number of hydrogen-bond donors (Lipinski definition) is 0. The topological polar surface area (TPSA) is 27.1 Å². The van der Waals surface area contributed by atoms with E-state index in [2.05, 4.69) is 10.6 Å². The summed E-state index contributed by atoms with van der Waals surface area (Å²) in [5, 5.41) is 0.765. The van der Waals surface area contributed by atoms with Gasteiger partial charge in [0.25, 0.3) is 0 Å². The number of benzene rings is 1. The normalized spacial score (nSPS) is 16.5. The van der Waals surface area contributed by atoms with Crippen LogP contribution >= 0.6 is 11.6 Å². The van der Waals surface area contributed by atoms with Gasteiger partial charge >= 0.3 is 0 Å². The van der Waals surface area contributed by atoms with Crippen molar-refractivity contribution in [1.82, 2.24) is 9.55 Å². The highest BCUT2D eigenvalue weighted by Crippen LogP contribution is 2.34. The highest BCUT2D eigenvalue weighted by Gasteiger charge is 2.22. The molecule has 3 nitrogen and oxygen atoms in total. The van der Waals surface area contributed by atoms with Gasteiger partial charge in [0.2, 0.25) is 0 Å². The first kappa shape index (κ1) is 15.8. The van der Waals surface area contributed by atoms with Crippen molar-refractivity contribution >= 4 is 22.6 Å². The Morgan fingerprint density at radius 2 is 2.09 bits per heavy atom. The fourth-order valence-corrected chi connectivity index (χ4v) is 3.66. The maximum Gasteiger partial charge on any atom is 0.112 e. The maximum atomic E-state index is 6.14. The first-order chi connectivity index (χ1) is 10.8. The third kappa shape index (κ3) is 3.47. The molecule has 0 N–H and O–H groups in total. The molecule has 0 atom stereocenters. The first-order valence-electron chi connectivity index (χ1n) is 8.53. The zero-order valence-corrected chi connectivity index (χ0v) is 14.1. The molecule has 1 aliphatic rings. The van der Waals surface area contributed by atoms with Gasteiger partial charge in [-0.2, -0.15) is 0 Å². The molecule has 0 saturated heterocycles. The van der Waals surface area contributed by atoms with Gasteiger partial charge in [-0.3, -0.25) is 0 Å². The van der Waals surface area contributed by atoms with Gasteiger partial charge in [-0.05, 0) is 44.4 Å². The number of aryl methyl sites for hydroxylation is 1. The molecular weight excluding hydrogens is 296 g/mol. The van der Waals surface area contributed by atoms with E-state index in [1.165, 1.54) is 43.4 Å². The van der Waals surface area contributed by atoms with E-state index < -0.39 is 0 Å². The second-order valence-electron chi connectivity index (χ2n) is 6.14. The molecule has 0 unspecified atom stereocenters. The Morgan fingerprint density at radius 3 is 2.86 bits per heavy atom. The molecule has 4 heteroatoms. The summed E-state index contributed by atoms with van der Waals surface area (Å²) in [6, 6.07) is 6.06. The van der Waals surface area contributed by atoms with Crippen LogP contribution in [-0.4, -0.2) is 22.8 Å². The molecule has 1 fully saturated rings. The molecule has 1 heterocycles. The molecule has 1 aliphatic carbocycles. The van der Waals surface area contributed by atoms with Gasteiger partial charge in [0, 0.05) is 30.7 Å². The van der Waals surface area contributed by atoms with E-state index in [0.29, 0.717) is 5.92 Å². The second-order valence-corrected chi connectivity index (χ2v) is 6.58. The van der Waals surface area contributed by atoms with E-state index >= 15 is 0 Å². The Balaban J connectivity index is 1.89. The largest absolute Gasteiger partial charge is 0.382 e. The Labute approximate surface area is 137 Å². The number of fused-ring (bicyclic) bond motifs is 1. The minimum absolute atomic E-state index is 0.604. The van der Waals surface area contributed by atoms with E-state index in [1.54, 1.807) is 0 Å². The first-order valence-corrected chi connectivity index (χ1v) is 8.91. The lowest BCUT2D eigenvalue weighted by molar-refractivity contribution is 0.141.